The number of aliphatic imine (C=N–C) groups is 2. The van der Waals surface area contributed by atoms with Gasteiger partial charge in [-0.05, 0) is 18.4 Å². The summed E-state index contributed by atoms with van der Waals surface area (Å²) < 4.78 is 4.99. The molecule has 0 fully saturated rings. The van der Waals surface area contributed by atoms with Crippen LogP contribution in [0.25, 0.3) is 0 Å². The van der Waals surface area contributed by atoms with Crippen LogP contribution in [0.5, 0.6) is 0 Å². The molecule has 5 nitrogen and oxygen atoms in total. The molecule has 0 radical (unpaired) electrons. The molecule has 110 valence electrons. The highest BCUT2D eigenvalue weighted by Crippen LogP contribution is 2.15. The normalized spacial score (nSPS) is 14.4. The van der Waals surface area contributed by atoms with E-state index in [1.165, 1.54) is 0 Å². The third kappa shape index (κ3) is 6.18. The van der Waals surface area contributed by atoms with Gasteiger partial charge < -0.3 is 15.2 Å². The predicted octanol–water partition coefficient (Wildman–Crippen LogP) is 1.61. The molecule has 2 N–H and O–H groups in total. The Balaban J connectivity index is 4.87. The lowest BCUT2D eigenvalue weighted by Crippen LogP contribution is -2.33. The molecule has 0 spiro atoms. The molecule has 0 aliphatic carbocycles. The lowest BCUT2D eigenvalue weighted by Gasteiger charge is -2.13. The molecule has 0 saturated carbocycles. The van der Waals surface area contributed by atoms with E-state index in [-0.39, 0.29) is 6.61 Å². The highest BCUT2D eigenvalue weighted by Gasteiger charge is 2.14. The van der Waals surface area contributed by atoms with Gasteiger partial charge in [-0.2, -0.15) is 0 Å². The molecule has 0 aromatic heterocycles. The molecule has 0 aliphatic heterocycles. The predicted molar refractivity (Wildman–Crippen MR) is 81.5 cm³/mol. The van der Waals surface area contributed by atoms with Crippen molar-refractivity contribution in [2.24, 2.45) is 9.98 Å². The lowest BCUT2D eigenvalue weighted by molar-refractivity contribution is 0.196. The molecule has 0 aliphatic rings. The Bertz CT molecular complexity index is 346. The van der Waals surface area contributed by atoms with Crippen molar-refractivity contribution in [1.82, 2.24) is 5.32 Å². The summed E-state index contributed by atoms with van der Waals surface area (Å²) >= 11 is 6.27. The number of halogens is 1. The quantitative estimate of drug-likeness (QED) is 0.405. The van der Waals surface area contributed by atoms with Crippen molar-refractivity contribution in [3.05, 3.63) is 10.6 Å². The van der Waals surface area contributed by atoms with E-state index in [1.807, 2.05) is 6.92 Å². The Labute approximate surface area is 120 Å². The molecular weight excluding hydrogens is 266 g/mol. The van der Waals surface area contributed by atoms with Gasteiger partial charge in [0.25, 0.3) is 0 Å². The molecule has 0 unspecified atom stereocenters. The van der Waals surface area contributed by atoms with Crippen molar-refractivity contribution in [1.29, 1.82) is 0 Å². The summed E-state index contributed by atoms with van der Waals surface area (Å²) in [4.78, 5) is 8.33. The third-order valence-corrected chi connectivity index (χ3v) is 3.07. The van der Waals surface area contributed by atoms with Gasteiger partial charge in [0.15, 0.2) is 0 Å². The van der Waals surface area contributed by atoms with Crippen LogP contribution in [0.4, 0.5) is 0 Å². The van der Waals surface area contributed by atoms with Gasteiger partial charge in [-0.1, -0.05) is 18.5 Å². The van der Waals surface area contributed by atoms with E-state index in [9.17, 15) is 5.11 Å². The van der Waals surface area contributed by atoms with Crippen LogP contribution in [-0.2, 0) is 4.74 Å². The summed E-state index contributed by atoms with van der Waals surface area (Å²) in [5, 5.41) is 12.9. The Hall–Kier alpha value is -0.910. The van der Waals surface area contributed by atoms with Crippen LogP contribution >= 0.6 is 11.6 Å². The number of nitrogens with one attached hydrogen (secondary N) is 1. The zero-order valence-corrected chi connectivity index (χ0v) is 12.9. The van der Waals surface area contributed by atoms with Gasteiger partial charge in [-0.15, -0.1) is 0 Å². The van der Waals surface area contributed by atoms with E-state index in [0.29, 0.717) is 29.6 Å². The van der Waals surface area contributed by atoms with Crippen molar-refractivity contribution in [2.75, 3.05) is 41.0 Å². The summed E-state index contributed by atoms with van der Waals surface area (Å²) in [7, 11) is 5.01. The summed E-state index contributed by atoms with van der Waals surface area (Å²) in [6.45, 7) is 3.28. The number of ether oxygens (including phenoxy) is 1. The topological polar surface area (TPSA) is 66.2 Å². The first-order valence-electron chi connectivity index (χ1n) is 6.31. The highest BCUT2D eigenvalue weighted by molar-refractivity contribution is 6.60. The van der Waals surface area contributed by atoms with Crippen LogP contribution in [0.2, 0.25) is 0 Å². The first kappa shape index (κ1) is 18.1. The van der Waals surface area contributed by atoms with Gasteiger partial charge in [-0.25, -0.2) is 0 Å². The molecule has 19 heavy (non-hydrogen) atoms. The molecule has 0 aromatic rings. The zero-order valence-electron chi connectivity index (χ0n) is 12.2. The van der Waals surface area contributed by atoms with Crippen molar-refractivity contribution >= 4 is 23.1 Å². The number of aliphatic hydroxyl groups excluding tert-OH is 1. The zero-order chi connectivity index (χ0) is 14.7. The number of amidine groups is 1. The first-order valence-corrected chi connectivity index (χ1v) is 6.69. The van der Waals surface area contributed by atoms with Crippen molar-refractivity contribution in [3.8, 4) is 0 Å². The second kappa shape index (κ2) is 11.0. The van der Waals surface area contributed by atoms with Gasteiger partial charge in [0.05, 0.1) is 11.6 Å². The van der Waals surface area contributed by atoms with E-state index < -0.39 is 0 Å². The molecule has 0 atom stereocenters. The summed E-state index contributed by atoms with van der Waals surface area (Å²) in [5.41, 5.74) is 1.33. The van der Waals surface area contributed by atoms with E-state index in [0.717, 1.165) is 18.5 Å². The largest absolute Gasteiger partial charge is 0.392 e. The maximum absolute atomic E-state index is 9.27. The van der Waals surface area contributed by atoms with Gasteiger partial charge in [-0.3, -0.25) is 9.98 Å². The van der Waals surface area contributed by atoms with Crippen LogP contribution in [0.3, 0.4) is 0 Å². The highest BCUT2D eigenvalue weighted by atomic mass is 35.5. The summed E-state index contributed by atoms with van der Waals surface area (Å²) in [5.74, 6) is 0.628. The Kier molecular flexibility index (Phi) is 10.4. The molecular formula is C13H24ClN3O2. The standard InChI is InChI=1S/C13H24ClN3O2/c1-5-10(9-18)11(14)12(15-2)13(16-3)17-7-6-8-19-4/h18H,5-9H2,1-4H3,(H,16,17)/b11-10-,15-12?. The van der Waals surface area contributed by atoms with E-state index in [1.54, 1.807) is 21.2 Å². The van der Waals surface area contributed by atoms with Crippen molar-refractivity contribution in [3.63, 3.8) is 0 Å². The first-order chi connectivity index (χ1) is 9.15. The van der Waals surface area contributed by atoms with Gasteiger partial charge in [0.1, 0.15) is 11.5 Å². The van der Waals surface area contributed by atoms with Crippen LogP contribution in [0.15, 0.2) is 20.6 Å². The average molecular weight is 290 g/mol. The SMILES string of the molecule is CC/C(CO)=C(/Cl)C(=NC)C(=NC)NCCCOC. The van der Waals surface area contributed by atoms with E-state index in [4.69, 9.17) is 16.3 Å². The molecule has 0 aromatic carbocycles. The maximum atomic E-state index is 9.27. The van der Waals surface area contributed by atoms with Crippen LogP contribution in [0.1, 0.15) is 19.8 Å². The molecule has 6 heteroatoms. The monoisotopic (exact) mass is 289 g/mol. The fraction of sp³-hybridized carbons (Fsp3) is 0.692. The number of nitrogens with zero attached hydrogens (tertiary/aromatic N) is 2. The summed E-state index contributed by atoms with van der Waals surface area (Å²) in [6.07, 6.45) is 1.55. The fourth-order valence-corrected chi connectivity index (χ4v) is 1.87. The van der Waals surface area contributed by atoms with Crippen LogP contribution < -0.4 is 5.32 Å². The third-order valence-electron chi connectivity index (χ3n) is 2.63. The number of rotatable bonds is 8. The Morgan fingerprint density at radius 1 is 1.32 bits per heavy atom. The van der Waals surface area contributed by atoms with Gasteiger partial charge in [0.2, 0.25) is 0 Å². The molecule has 0 amide bonds. The molecule has 0 heterocycles. The second-order valence-electron chi connectivity index (χ2n) is 3.85. The minimum Gasteiger partial charge on any atom is -0.392 e. The fourth-order valence-electron chi connectivity index (χ4n) is 1.50. The second-order valence-corrected chi connectivity index (χ2v) is 4.22. The molecule has 0 saturated heterocycles. The Morgan fingerprint density at radius 3 is 2.42 bits per heavy atom. The van der Waals surface area contributed by atoms with Crippen LogP contribution in [0, 0.1) is 0 Å². The van der Waals surface area contributed by atoms with E-state index in [2.05, 4.69) is 15.3 Å². The molecule has 0 rings (SSSR count). The maximum Gasteiger partial charge on any atom is 0.148 e. The van der Waals surface area contributed by atoms with Gasteiger partial charge in [0, 0.05) is 34.4 Å². The smallest absolute Gasteiger partial charge is 0.148 e. The minimum absolute atomic E-state index is 0.0744. The lowest BCUT2D eigenvalue weighted by atomic mass is 10.1. The van der Waals surface area contributed by atoms with Crippen molar-refractivity contribution in [2.45, 2.75) is 19.8 Å². The Morgan fingerprint density at radius 2 is 2.00 bits per heavy atom. The number of hydrogen-bond acceptors (Lipinski definition) is 4. The minimum atomic E-state index is -0.0744. The van der Waals surface area contributed by atoms with Crippen molar-refractivity contribution < 1.29 is 9.84 Å². The molecule has 0 bridgehead atoms. The number of methoxy groups -OCH3 is 1. The van der Waals surface area contributed by atoms with Crippen LogP contribution in [-0.4, -0.2) is 57.6 Å². The average Bonchev–Trinajstić information content (AvgIpc) is 2.43. The summed E-state index contributed by atoms with van der Waals surface area (Å²) in [6, 6.07) is 0. The van der Waals surface area contributed by atoms with Gasteiger partial charge >= 0.3 is 0 Å². The number of aliphatic hydroxyl groups is 1. The van der Waals surface area contributed by atoms with E-state index >= 15 is 0 Å². The number of hydrogen-bond donors (Lipinski definition) is 2.